The molecule has 17 heavy (non-hydrogen) atoms. The summed E-state index contributed by atoms with van der Waals surface area (Å²) in [4.78, 5) is 0. The van der Waals surface area contributed by atoms with Gasteiger partial charge in [-0.05, 0) is 33.3 Å². The lowest BCUT2D eigenvalue weighted by molar-refractivity contribution is 0.423. The van der Waals surface area contributed by atoms with Crippen molar-refractivity contribution < 1.29 is 0 Å². The highest BCUT2D eigenvalue weighted by Gasteiger charge is 2.11. The molecule has 92 valence electrons. The molecule has 0 aliphatic carbocycles. The molecule has 2 heterocycles. The largest absolute Gasteiger partial charge is 0.306 e. The van der Waals surface area contributed by atoms with Crippen molar-refractivity contribution in [3.63, 3.8) is 0 Å². The Morgan fingerprint density at radius 1 is 1.35 bits per heavy atom. The van der Waals surface area contributed by atoms with Gasteiger partial charge in [-0.25, -0.2) is 4.68 Å². The van der Waals surface area contributed by atoms with Gasteiger partial charge < -0.3 is 5.32 Å². The van der Waals surface area contributed by atoms with Crippen LogP contribution in [-0.4, -0.2) is 25.5 Å². The maximum absolute atomic E-state index is 4.21. The molecule has 5 nitrogen and oxygen atoms in total. The van der Waals surface area contributed by atoms with Crippen LogP contribution in [0.4, 0.5) is 0 Å². The number of hydrogen-bond acceptors (Lipinski definition) is 5. The summed E-state index contributed by atoms with van der Waals surface area (Å²) in [5.74, 6) is 0. The van der Waals surface area contributed by atoms with Crippen molar-refractivity contribution in [3.05, 3.63) is 23.0 Å². The van der Waals surface area contributed by atoms with Gasteiger partial charge in [0.25, 0.3) is 0 Å². The minimum Gasteiger partial charge on any atom is -0.306 e. The molecule has 2 aromatic heterocycles. The van der Waals surface area contributed by atoms with Crippen molar-refractivity contribution in [1.29, 1.82) is 0 Å². The summed E-state index contributed by atoms with van der Waals surface area (Å²) in [6.45, 7) is 9.14. The quantitative estimate of drug-likeness (QED) is 0.905. The Balaban J connectivity index is 2.06. The third kappa shape index (κ3) is 3.34. The highest BCUT2D eigenvalue weighted by molar-refractivity contribution is 7.13. The van der Waals surface area contributed by atoms with Crippen molar-refractivity contribution in [3.8, 4) is 5.13 Å². The maximum Gasteiger partial charge on any atom is 0.232 e. The van der Waals surface area contributed by atoms with E-state index in [0.717, 1.165) is 22.2 Å². The molecule has 0 saturated carbocycles. The molecule has 0 saturated heterocycles. The third-order valence-electron chi connectivity index (χ3n) is 2.13. The maximum atomic E-state index is 4.21. The van der Waals surface area contributed by atoms with Gasteiger partial charge in [0.1, 0.15) is 5.01 Å². The Hall–Kier alpha value is -1.27. The second kappa shape index (κ2) is 4.54. The van der Waals surface area contributed by atoms with Gasteiger partial charge in [0, 0.05) is 11.7 Å². The lowest BCUT2D eigenvalue weighted by Gasteiger charge is -2.19. The zero-order valence-corrected chi connectivity index (χ0v) is 11.4. The summed E-state index contributed by atoms with van der Waals surface area (Å²) in [5, 5.41) is 17.7. The minimum absolute atomic E-state index is 0.0914. The molecule has 0 atom stereocenters. The molecule has 0 amide bonds. The van der Waals surface area contributed by atoms with E-state index in [2.05, 4.69) is 41.4 Å². The van der Waals surface area contributed by atoms with Crippen LogP contribution >= 0.6 is 11.3 Å². The van der Waals surface area contributed by atoms with E-state index in [-0.39, 0.29) is 5.54 Å². The first kappa shape index (κ1) is 12.2. The predicted octanol–water partition coefficient (Wildman–Crippen LogP) is 1.92. The van der Waals surface area contributed by atoms with Crippen molar-refractivity contribution in [2.45, 2.75) is 39.8 Å². The monoisotopic (exact) mass is 251 g/mol. The fourth-order valence-corrected chi connectivity index (χ4v) is 1.98. The van der Waals surface area contributed by atoms with Gasteiger partial charge in [0.05, 0.1) is 12.7 Å². The van der Waals surface area contributed by atoms with Gasteiger partial charge in [-0.3, -0.25) is 0 Å². The Morgan fingerprint density at radius 2 is 2.12 bits per heavy atom. The molecular formula is C11H17N5S. The molecule has 2 rings (SSSR count). The topological polar surface area (TPSA) is 55.6 Å². The van der Waals surface area contributed by atoms with Gasteiger partial charge in [-0.2, -0.15) is 5.10 Å². The van der Waals surface area contributed by atoms with Crippen LogP contribution in [0.3, 0.4) is 0 Å². The second-order valence-electron chi connectivity index (χ2n) is 5.04. The van der Waals surface area contributed by atoms with Crippen LogP contribution in [-0.2, 0) is 6.54 Å². The Bertz CT molecular complexity index is 494. The van der Waals surface area contributed by atoms with Crippen LogP contribution < -0.4 is 5.32 Å². The molecule has 2 aromatic rings. The highest BCUT2D eigenvalue weighted by atomic mass is 32.1. The van der Waals surface area contributed by atoms with Crippen molar-refractivity contribution in [1.82, 2.24) is 25.3 Å². The number of aryl methyl sites for hydroxylation is 1. The van der Waals surface area contributed by atoms with Crippen molar-refractivity contribution >= 4 is 11.3 Å². The van der Waals surface area contributed by atoms with Gasteiger partial charge in [0.2, 0.25) is 5.13 Å². The standard InChI is InChI=1S/C11H17N5S/c1-8-5-13-16(7-8)10-15-14-9(17-10)6-12-11(2,3)4/h5,7,12H,6H2,1-4H3. The van der Waals surface area contributed by atoms with E-state index >= 15 is 0 Å². The van der Waals surface area contributed by atoms with E-state index in [0.29, 0.717) is 0 Å². The lowest BCUT2D eigenvalue weighted by atomic mass is 10.1. The zero-order chi connectivity index (χ0) is 12.5. The zero-order valence-electron chi connectivity index (χ0n) is 10.6. The third-order valence-corrected chi connectivity index (χ3v) is 3.05. The van der Waals surface area contributed by atoms with Gasteiger partial charge in [-0.15, -0.1) is 10.2 Å². The molecule has 0 aliphatic heterocycles. The molecule has 0 bridgehead atoms. The first-order valence-corrected chi connectivity index (χ1v) is 6.35. The van der Waals surface area contributed by atoms with E-state index in [1.807, 2.05) is 19.3 Å². The molecule has 1 N–H and O–H groups in total. The Kier molecular flexibility index (Phi) is 3.26. The molecule has 0 fully saturated rings. The number of rotatable bonds is 3. The summed E-state index contributed by atoms with van der Waals surface area (Å²) in [6.07, 6.45) is 3.76. The van der Waals surface area contributed by atoms with E-state index in [1.54, 1.807) is 16.0 Å². The second-order valence-corrected chi connectivity index (χ2v) is 6.08. The number of aromatic nitrogens is 4. The van der Waals surface area contributed by atoms with Gasteiger partial charge in [0.15, 0.2) is 0 Å². The predicted molar refractivity (Wildman–Crippen MR) is 68.4 cm³/mol. The Morgan fingerprint density at radius 3 is 2.71 bits per heavy atom. The smallest absolute Gasteiger partial charge is 0.232 e. The molecule has 0 aromatic carbocycles. The average molecular weight is 251 g/mol. The molecule has 0 aliphatic rings. The van der Waals surface area contributed by atoms with E-state index in [1.165, 1.54) is 0 Å². The first-order valence-electron chi connectivity index (χ1n) is 5.53. The molecular weight excluding hydrogens is 234 g/mol. The summed E-state index contributed by atoms with van der Waals surface area (Å²) in [5.41, 5.74) is 1.21. The van der Waals surface area contributed by atoms with Gasteiger partial charge in [-0.1, -0.05) is 11.3 Å². The summed E-state index contributed by atoms with van der Waals surface area (Å²) in [7, 11) is 0. The number of nitrogens with zero attached hydrogens (tertiary/aromatic N) is 4. The van der Waals surface area contributed by atoms with Crippen LogP contribution in [0.15, 0.2) is 12.4 Å². The normalized spacial score (nSPS) is 12.0. The van der Waals surface area contributed by atoms with E-state index in [4.69, 9.17) is 0 Å². The van der Waals surface area contributed by atoms with E-state index < -0.39 is 0 Å². The van der Waals surface area contributed by atoms with Crippen molar-refractivity contribution in [2.24, 2.45) is 0 Å². The Labute approximate surface area is 105 Å². The highest BCUT2D eigenvalue weighted by Crippen LogP contribution is 2.15. The van der Waals surface area contributed by atoms with Crippen LogP contribution in [0.1, 0.15) is 31.3 Å². The molecule has 6 heteroatoms. The van der Waals surface area contributed by atoms with Gasteiger partial charge >= 0.3 is 0 Å². The van der Waals surface area contributed by atoms with Crippen LogP contribution in [0.5, 0.6) is 0 Å². The van der Waals surface area contributed by atoms with E-state index in [9.17, 15) is 0 Å². The average Bonchev–Trinajstić information content (AvgIpc) is 2.81. The summed E-state index contributed by atoms with van der Waals surface area (Å²) in [6, 6.07) is 0. The fraction of sp³-hybridized carbons (Fsp3) is 0.545. The number of nitrogens with one attached hydrogen (secondary N) is 1. The summed E-state index contributed by atoms with van der Waals surface area (Å²) >= 11 is 1.56. The van der Waals surface area contributed by atoms with Crippen molar-refractivity contribution in [2.75, 3.05) is 0 Å². The lowest BCUT2D eigenvalue weighted by Crippen LogP contribution is -2.35. The molecule has 0 unspecified atom stereocenters. The number of hydrogen-bond donors (Lipinski definition) is 1. The molecule has 0 radical (unpaired) electrons. The summed E-state index contributed by atoms with van der Waals surface area (Å²) < 4.78 is 1.76. The van der Waals surface area contributed by atoms with Crippen LogP contribution in [0.2, 0.25) is 0 Å². The van der Waals surface area contributed by atoms with Crippen LogP contribution in [0.25, 0.3) is 5.13 Å². The first-order chi connectivity index (χ1) is 7.94. The minimum atomic E-state index is 0.0914. The fourth-order valence-electron chi connectivity index (χ4n) is 1.27. The SMILES string of the molecule is Cc1cnn(-c2nnc(CNC(C)(C)C)s2)c1. The van der Waals surface area contributed by atoms with Crippen LogP contribution in [0, 0.1) is 6.92 Å². The molecule has 0 spiro atoms.